The SMILES string of the molecule is NCCCn1cc(-c2nc3cc4[nH]c(=O)[nH]c4cc3[nH]c2=O)c2cc(Br)ccc21. The van der Waals surface area contributed by atoms with E-state index in [0.29, 0.717) is 34.3 Å². The third kappa shape index (κ3) is 2.99. The molecule has 0 aliphatic carbocycles. The molecular weight excluding hydrogens is 436 g/mol. The zero-order valence-corrected chi connectivity index (χ0v) is 16.8. The van der Waals surface area contributed by atoms with Crippen molar-refractivity contribution < 1.29 is 0 Å². The number of hydrogen-bond acceptors (Lipinski definition) is 4. The van der Waals surface area contributed by atoms with Crippen LogP contribution in [-0.4, -0.2) is 31.0 Å². The first-order chi connectivity index (χ1) is 14.0. The molecule has 9 heteroatoms. The highest BCUT2D eigenvalue weighted by atomic mass is 79.9. The smallest absolute Gasteiger partial charge is 0.323 e. The maximum absolute atomic E-state index is 12.9. The molecule has 3 heterocycles. The predicted molar refractivity (Wildman–Crippen MR) is 117 cm³/mol. The maximum atomic E-state index is 12.9. The molecule has 0 saturated carbocycles. The van der Waals surface area contributed by atoms with Gasteiger partial charge in [-0.15, -0.1) is 0 Å². The van der Waals surface area contributed by atoms with Crippen LogP contribution in [0.4, 0.5) is 0 Å². The first-order valence-corrected chi connectivity index (χ1v) is 9.98. The van der Waals surface area contributed by atoms with Crippen molar-refractivity contribution >= 4 is 48.9 Å². The van der Waals surface area contributed by atoms with Crippen LogP contribution in [0.1, 0.15) is 6.42 Å². The van der Waals surface area contributed by atoms with Gasteiger partial charge in [0.1, 0.15) is 5.69 Å². The summed E-state index contributed by atoms with van der Waals surface area (Å²) in [6, 6.07) is 9.44. The number of nitrogens with one attached hydrogen (secondary N) is 3. The number of hydrogen-bond donors (Lipinski definition) is 4. The molecule has 8 nitrogen and oxygen atoms in total. The summed E-state index contributed by atoms with van der Waals surface area (Å²) in [6.07, 6.45) is 2.78. The zero-order chi connectivity index (χ0) is 20.1. The zero-order valence-electron chi connectivity index (χ0n) is 15.3. The lowest BCUT2D eigenvalue weighted by Crippen LogP contribution is -2.11. The van der Waals surface area contributed by atoms with Crippen molar-refractivity contribution in [3.8, 4) is 11.3 Å². The van der Waals surface area contributed by atoms with Crippen molar-refractivity contribution in [1.29, 1.82) is 0 Å². The minimum absolute atomic E-state index is 0.285. The number of nitrogens with zero attached hydrogens (tertiary/aromatic N) is 2. The molecule has 2 aromatic carbocycles. The molecule has 146 valence electrons. The molecule has 0 aliphatic rings. The number of nitrogens with two attached hydrogens (primary N) is 1. The van der Waals surface area contributed by atoms with Gasteiger partial charge in [0, 0.05) is 33.7 Å². The largest absolute Gasteiger partial charge is 0.347 e. The summed E-state index contributed by atoms with van der Waals surface area (Å²) in [5, 5.41) is 0.935. The van der Waals surface area contributed by atoms with Crippen LogP contribution in [0.5, 0.6) is 0 Å². The van der Waals surface area contributed by atoms with E-state index in [4.69, 9.17) is 5.73 Å². The van der Waals surface area contributed by atoms with Gasteiger partial charge in [-0.2, -0.15) is 0 Å². The number of aromatic amines is 3. The first-order valence-electron chi connectivity index (χ1n) is 9.18. The monoisotopic (exact) mass is 452 g/mol. The fraction of sp³-hybridized carbons (Fsp3) is 0.150. The Balaban J connectivity index is 1.77. The van der Waals surface area contributed by atoms with E-state index in [2.05, 4.69) is 40.4 Å². The lowest BCUT2D eigenvalue weighted by Gasteiger charge is -2.03. The van der Waals surface area contributed by atoms with Gasteiger partial charge < -0.3 is 25.3 Å². The van der Waals surface area contributed by atoms with E-state index in [-0.39, 0.29) is 11.2 Å². The van der Waals surface area contributed by atoms with Crippen LogP contribution < -0.4 is 17.0 Å². The lowest BCUT2D eigenvalue weighted by molar-refractivity contribution is 0.671. The Morgan fingerprint density at radius 3 is 2.62 bits per heavy atom. The van der Waals surface area contributed by atoms with Gasteiger partial charge >= 0.3 is 5.69 Å². The quantitative estimate of drug-likeness (QED) is 0.334. The van der Waals surface area contributed by atoms with Crippen LogP contribution in [0.15, 0.2) is 50.6 Å². The third-order valence-electron chi connectivity index (χ3n) is 5.03. The van der Waals surface area contributed by atoms with Gasteiger partial charge in [0.15, 0.2) is 0 Å². The minimum atomic E-state index is -0.300. The van der Waals surface area contributed by atoms with Crippen molar-refractivity contribution in [1.82, 2.24) is 24.5 Å². The number of rotatable bonds is 4. The van der Waals surface area contributed by atoms with Gasteiger partial charge in [0.2, 0.25) is 0 Å². The van der Waals surface area contributed by atoms with Gasteiger partial charge in [0.05, 0.1) is 22.1 Å². The Bertz CT molecular complexity index is 1510. The second-order valence-corrected chi connectivity index (χ2v) is 7.86. The van der Waals surface area contributed by atoms with Crippen LogP contribution in [0.2, 0.25) is 0 Å². The molecule has 0 amide bonds. The fourth-order valence-electron chi connectivity index (χ4n) is 3.70. The number of benzene rings is 2. The molecular formula is C20H17BrN6O2. The highest BCUT2D eigenvalue weighted by Crippen LogP contribution is 2.31. The van der Waals surface area contributed by atoms with E-state index in [9.17, 15) is 9.59 Å². The Kier molecular flexibility index (Phi) is 4.14. The number of H-pyrrole nitrogens is 3. The first kappa shape index (κ1) is 17.9. The average Bonchev–Trinajstić information content (AvgIpc) is 3.22. The van der Waals surface area contributed by atoms with Gasteiger partial charge in [-0.1, -0.05) is 15.9 Å². The summed E-state index contributed by atoms with van der Waals surface area (Å²) in [5.41, 5.74) is 9.63. The fourth-order valence-corrected chi connectivity index (χ4v) is 4.06. The van der Waals surface area contributed by atoms with Crippen LogP contribution in [0.3, 0.4) is 0 Å². The third-order valence-corrected chi connectivity index (χ3v) is 5.52. The van der Waals surface area contributed by atoms with Crippen molar-refractivity contribution in [3.05, 3.63) is 61.8 Å². The predicted octanol–water partition coefficient (Wildman–Crippen LogP) is 2.83. The van der Waals surface area contributed by atoms with E-state index in [1.165, 1.54) is 0 Å². The summed E-state index contributed by atoms with van der Waals surface area (Å²) < 4.78 is 3.02. The molecule has 5 rings (SSSR count). The summed E-state index contributed by atoms with van der Waals surface area (Å²) in [4.78, 5) is 37.4. The molecule has 0 spiro atoms. The summed E-state index contributed by atoms with van der Waals surface area (Å²) in [5.74, 6) is 0. The average molecular weight is 453 g/mol. The van der Waals surface area contributed by atoms with E-state index in [0.717, 1.165) is 33.9 Å². The Morgan fingerprint density at radius 1 is 1.03 bits per heavy atom. The number of aryl methyl sites for hydroxylation is 1. The van der Waals surface area contributed by atoms with Crippen LogP contribution in [0, 0.1) is 0 Å². The van der Waals surface area contributed by atoms with E-state index in [1.54, 1.807) is 12.1 Å². The van der Waals surface area contributed by atoms with Crippen LogP contribution >= 0.6 is 15.9 Å². The molecule has 0 unspecified atom stereocenters. The molecule has 5 N–H and O–H groups in total. The summed E-state index contributed by atoms with van der Waals surface area (Å²) in [6.45, 7) is 1.34. The van der Waals surface area contributed by atoms with Crippen molar-refractivity contribution in [2.24, 2.45) is 5.73 Å². The maximum Gasteiger partial charge on any atom is 0.323 e. The molecule has 5 aromatic rings. The molecule has 3 aromatic heterocycles. The summed E-state index contributed by atoms with van der Waals surface area (Å²) >= 11 is 3.52. The van der Waals surface area contributed by atoms with Crippen molar-refractivity contribution in [2.75, 3.05) is 6.54 Å². The number of halogens is 1. The molecule has 0 atom stereocenters. The topological polar surface area (TPSA) is 125 Å². The highest BCUT2D eigenvalue weighted by Gasteiger charge is 2.16. The molecule has 0 aliphatic heterocycles. The molecule has 29 heavy (non-hydrogen) atoms. The van der Waals surface area contributed by atoms with Crippen LogP contribution in [-0.2, 0) is 6.54 Å². The molecule has 0 fully saturated rings. The van der Waals surface area contributed by atoms with Gasteiger partial charge in [-0.05, 0) is 43.3 Å². The Labute approximate surface area is 171 Å². The number of imidazole rings is 1. The van der Waals surface area contributed by atoms with E-state index < -0.39 is 0 Å². The molecule has 0 bridgehead atoms. The van der Waals surface area contributed by atoms with Crippen molar-refractivity contribution in [2.45, 2.75) is 13.0 Å². The lowest BCUT2D eigenvalue weighted by atomic mass is 10.1. The van der Waals surface area contributed by atoms with Crippen molar-refractivity contribution in [3.63, 3.8) is 0 Å². The van der Waals surface area contributed by atoms with Gasteiger partial charge in [-0.3, -0.25) is 4.79 Å². The van der Waals surface area contributed by atoms with Gasteiger partial charge in [-0.25, -0.2) is 9.78 Å². The van der Waals surface area contributed by atoms with Crippen LogP contribution in [0.25, 0.3) is 44.2 Å². The van der Waals surface area contributed by atoms with Gasteiger partial charge in [0.25, 0.3) is 5.56 Å². The normalized spacial score (nSPS) is 11.8. The Morgan fingerprint density at radius 2 is 1.83 bits per heavy atom. The standard InChI is InChI=1S/C20H17BrN6O2/c21-10-2-3-17-11(6-10)12(9-27(17)5-1-4-22)18-19(28)24-14-8-16-15(7-13(14)23-18)25-20(29)26-16/h2-3,6-9H,1,4-5,22H2,(H,24,28)(H2,25,26,29). The second-order valence-electron chi connectivity index (χ2n) is 6.95. The number of aromatic nitrogens is 5. The summed E-state index contributed by atoms with van der Waals surface area (Å²) in [7, 11) is 0. The number of fused-ring (bicyclic) bond motifs is 3. The molecule has 0 saturated heterocycles. The molecule has 0 radical (unpaired) electrons. The Hall–Kier alpha value is -3.17. The minimum Gasteiger partial charge on any atom is -0.347 e. The van der Waals surface area contributed by atoms with E-state index in [1.807, 2.05) is 24.4 Å². The van der Waals surface area contributed by atoms with E-state index >= 15 is 0 Å². The highest BCUT2D eigenvalue weighted by molar-refractivity contribution is 9.10. The second kappa shape index (κ2) is 6.71.